The van der Waals surface area contributed by atoms with Crippen LogP contribution in [0.25, 0.3) is 0 Å². The Labute approximate surface area is 173 Å². The highest BCUT2D eigenvalue weighted by Crippen LogP contribution is 2.40. The van der Waals surface area contributed by atoms with Crippen molar-refractivity contribution in [2.75, 3.05) is 20.2 Å². The van der Waals surface area contributed by atoms with E-state index in [1.54, 1.807) is 7.11 Å². The molecule has 3 rings (SSSR count). The number of para-hydroxylation sites is 1. The van der Waals surface area contributed by atoms with Gasteiger partial charge in [0.15, 0.2) is 5.96 Å². The van der Waals surface area contributed by atoms with E-state index in [-0.39, 0.29) is 24.0 Å². The zero-order valence-corrected chi connectivity index (χ0v) is 17.8. The van der Waals surface area contributed by atoms with Crippen molar-refractivity contribution in [1.29, 1.82) is 0 Å². The minimum absolute atomic E-state index is 0. The van der Waals surface area contributed by atoms with Gasteiger partial charge in [-0.05, 0) is 37.0 Å². The number of methoxy groups -OCH3 is 1. The Hall–Kier alpha value is -1.76. The summed E-state index contributed by atoms with van der Waals surface area (Å²) in [6.45, 7) is 3.70. The molecule has 5 heteroatoms. The summed E-state index contributed by atoms with van der Waals surface area (Å²) in [5, 5.41) is 6.91. The monoisotopic (exact) mass is 465 g/mol. The molecule has 1 aliphatic carbocycles. The van der Waals surface area contributed by atoms with Gasteiger partial charge in [-0.25, -0.2) is 0 Å². The van der Waals surface area contributed by atoms with Gasteiger partial charge in [-0.1, -0.05) is 48.5 Å². The van der Waals surface area contributed by atoms with Crippen LogP contribution >= 0.6 is 24.0 Å². The van der Waals surface area contributed by atoms with Crippen LogP contribution in [0.1, 0.15) is 30.4 Å². The molecule has 0 aromatic heterocycles. The van der Waals surface area contributed by atoms with Crippen LogP contribution in [0.5, 0.6) is 5.75 Å². The van der Waals surface area contributed by atoms with Crippen molar-refractivity contribution in [3.05, 3.63) is 65.7 Å². The Kier molecular flexibility index (Phi) is 8.22. The zero-order chi connectivity index (χ0) is 17.5. The Morgan fingerprint density at radius 1 is 1.12 bits per heavy atom. The predicted octanol–water partition coefficient (Wildman–Crippen LogP) is 3.97. The van der Waals surface area contributed by atoms with Crippen molar-refractivity contribution >= 4 is 29.9 Å². The summed E-state index contributed by atoms with van der Waals surface area (Å²) in [6, 6.07) is 19.3. The lowest BCUT2D eigenvalue weighted by molar-refractivity contribution is 0.410. The molecule has 2 aromatic rings. The third-order valence-electron chi connectivity index (χ3n) is 4.53. The normalized spacial score (nSPS) is 18.6. The van der Waals surface area contributed by atoms with Crippen LogP contribution in [0, 0.1) is 0 Å². The average Bonchev–Trinajstić information content (AvgIpc) is 3.42. The van der Waals surface area contributed by atoms with E-state index in [2.05, 4.69) is 54.0 Å². The standard InChI is InChI=1S/C21H27N3O.HI/c1-3-22-21(23-14-13-17-11-7-8-12-20(17)25-2)24-19-15-18(19)16-9-5-4-6-10-16;/h4-12,18-19H,3,13-15H2,1-2H3,(H2,22,23,24);1H. The molecular formula is C21H28IN3O. The maximum absolute atomic E-state index is 5.41. The number of aliphatic imine (C=N–C) groups is 1. The molecule has 0 radical (unpaired) electrons. The van der Waals surface area contributed by atoms with Crippen LogP contribution < -0.4 is 15.4 Å². The van der Waals surface area contributed by atoms with E-state index in [1.165, 1.54) is 17.5 Å². The first kappa shape index (κ1) is 20.6. The smallest absolute Gasteiger partial charge is 0.191 e. The Morgan fingerprint density at radius 2 is 1.85 bits per heavy atom. The minimum atomic E-state index is 0. The van der Waals surface area contributed by atoms with E-state index in [0.717, 1.165) is 31.2 Å². The lowest BCUT2D eigenvalue weighted by Gasteiger charge is -2.12. The first-order valence-corrected chi connectivity index (χ1v) is 9.03. The van der Waals surface area contributed by atoms with Crippen molar-refractivity contribution in [1.82, 2.24) is 10.6 Å². The summed E-state index contributed by atoms with van der Waals surface area (Å²) >= 11 is 0. The largest absolute Gasteiger partial charge is 0.496 e. The highest BCUT2D eigenvalue weighted by atomic mass is 127. The predicted molar refractivity (Wildman–Crippen MR) is 119 cm³/mol. The highest BCUT2D eigenvalue weighted by Gasteiger charge is 2.38. The molecule has 2 unspecified atom stereocenters. The van der Waals surface area contributed by atoms with E-state index in [9.17, 15) is 0 Å². The number of benzene rings is 2. The summed E-state index contributed by atoms with van der Waals surface area (Å²) in [5.41, 5.74) is 2.60. The first-order valence-electron chi connectivity index (χ1n) is 9.03. The molecule has 4 nitrogen and oxygen atoms in total. The molecule has 0 saturated heterocycles. The maximum atomic E-state index is 5.41. The lowest BCUT2D eigenvalue weighted by Crippen LogP contribution is -2.39. The summed E-state index contributed by atoms with van der Waals surface area (Å²) in [7, 11) is 1.71. The fourth-order valence-electron chi connectivity index (χ4n) is 3.12. The van der Waals surface area contributed by atoms with Gasteiger partial charge in [0.2, 0.25) is 0 Å². The van der Waals surface area contributed by atoms with Crippen molar-refractivity contribution in [2.24, 2.45) is 4.99 Å². The summed E-state index contributed by atoms with van der Waals surface area (Å²) in [6.07, 6.45) is 2.04. The van der Waals surface area contributed by atoms with Crippen molar-refractivity contribution in [3.8, 4) is 5.75 Å². The van der Waals surface area contributed by atoms with Crippen LogP contribution in [0.3, 0.4) is 0 Å². The van der Waals surface area contributed by atoms with E-state index < -0.39 is 0 Å². The molecule has 1 fully saturated rings. The summed E-state index contributed by atoms with van der Waals surface area (Å²) in [5.74, 6) is 2.43. The van der Waals surface area contributed by atoms with E-state index in [1.807, 2.05) is 18.2 Å². The van der Waals surface area contributed by atoms with E-state index in [4.69, 9.17) is 9.73 Å². The molecular weight excluding hydrogens is 437 g/mol. The number of halogens is 1. The van der Waals surface area contributed by atoms with Gasteiger partial charge < -0.3 is 15.4 Å². The molecule has 0 bridgehead atoms. The molecule has 0 aliphatic heterocycles. The van der Waals surface area contributed by atoms with Crippen LogP contribution in [0.15, 0.2) is 59.6 Å². The fourth-order valence-corrected chi connectivity index (χ4v) is 3.12. The molecule has 2 N–H and O–H groups in total. The topological polar surface area (TPSA) is 45.7 Å². The number of ether oxygens (including phenoxy) is 1. The van der Waals surface area contributed by atoms with E-state index >= 15 is 0 Å². The van der Waals surface area contributed by atoms with Gasteiger partial charge in [-0.2, -0.15) is 0 Å². The molecule has 26 heavy (non-hydrogen) atoms. The molecule has 1 saturated carbocycles. The Balaban J connectivity index is 0.00000243. The second-order valence-corrected chi connectivity index (χ2v) is 6.33. The molecule has 140 valence electrons. The number of hydrogen-bond donors (Lipinski definition) is 2. The molecule has 1 aliphatic rings. The van der Waals surface area contributed by atoms with Gasteiger partial charge in [0.1, 0.15) is 5.75 Å². The summed E-state index contributed by atoms with van der Waals surface area (Å²) < 4.78 is 5.41. The number of guanidine groups is 1. The van der Waals surface area contributed by atoms with E-state index in [0.29, 0.717) is 12.0 Å². The van der Waals surface area contributed by atoms with Gasteiger partial charge in [-0.15, -0.1) is 24.0 Å². The molecule has 2 aromatic carbocycles. The summed E-state index contributed by atoms with van der Waals surface area (Å²) in [4.78, 5) is 4.73. The van der Waals surface area contributed by atoms with Gasteiger partial charge >= 0.3 is 0 Å². The highest BCUT2D eigenvalue weighted by molar-refractivity contribution is 14.0. The Bertz CT molecular complexity index is 705. The number of rotatable bonds is 7. The van der Waals surface area contributed by atoms with Crippen LogP contribution in [-0.2, 0) is 6.42 Å². The van der Waals surface area contributed by atoms with Crippen molar-refractivity contribution in [3.63, 3.8) is 0 Å². The fraction of sp³-hybridized carbons (Fsp3) is 0.381. The van der Waals surface area contributed by atoms with Gasteiger partial charge in [-0.3, -0.25) is 4.99 Å². The maximum Gasteiger partial charge on any atom is 0.191 e. The second-order valence-electron chi connectivity index (χ2n) is 6.33. The number of nitrogens with one attached hydrogen (secondary N) is 2. The number of nitrogens with zero attached hydrogens (tertiary/aromatic N) is 1. The molecule has 0 amide bonds. The third kappa shape index (κ3) is 5.62. The van der Waals surface area contributed by atoms with Gasteiger partial charge in [0, 0.05) is 25.0 Å². The number of hydrogen-bond acceptors (Lipinski definition) is 2. The third-order valence-corrected chi connectivity index (χ3v) is 4.53. The SMILES string of the molecule is CCNC(=NCCc1ccccc1OC)NC1CC1c1ccccc1.I. The van der Waals surface area contributed by atoms with Crippen LogP contribution in [0.4, 0.5) is 0 Å². The van der Waals surface area contributed by atoms with Crippen molar-refractivity contribution < 1.29 is 4.74 Å². The zero-order valence-electron chi connectivity index (χ0n) is 15.4. The van der Waals surface area contributed by atoms with Crippen molar-refractivity contribution in [2.45, 2.75) is 31.7 Å². The first-order chi connectivity index (χ1) is 12.3. The second kappa shape index (κ2) is 10.4. The minimum Gasteiger partial charge on any atom is -0.496 e. The molecule has 0 heterocycles. The molecule has 2 atom stereocenters. The van der Waals surface area contributed by atoms with Crippen LogP contribution in [-0.4, -0.2) is 32.2 Å². The average molecular weight is 465 g/mol. The van der Waals surface area contributed by atoms with Crippen LogP contribution in [0.2, 0.25) is 0 Å². The quantitative estimate of drug-likeness (QED) is 0.370. The van der Waals surface area contributed by atoms with Gasteiger partial charge in [0.25, 0.3) is 0 Å². The molecule has 0 spiro atoms. The lowest BCUT2D eigenvalue weighted by atomic mass is 10.1. The Morgan fingerprint density at radius 3 is 2.58 bits per heavy atom. The van der Waals surface area contributed by atoms with Gasteiger partial charge in [0.05, 0.1) is 7.11 Å².